The maximum absolute atomic E-state index is 12.9. The lowest BCUT2D eigenvalue weighted by atomic mass is 10.2. The molecule has 0 bridgehead atoms. The predicted molar refractivity (Wildman–Crippen MR) is 81.8 cm³/mol. The Morgan fingerprint density at radius 2 is 2.10 bits per heavy atom. The first-order chi connectivity index (χ1) is 9.51. The zero-order chi connectivity index (χ0) is 14.7. The Balaban J connectivity index is 2.28. The van der Waals surface area contributed by atoms with Crippen LogP contribution in [0.5, 0.6) is 0 Å². The molecule has 0 radical (unpaired) electrons. The number of nitrogens with one attached hydrogen (secondary N) is 1. The van der Waals surface area contributed by atoms with Crippen LogP contribution in [-0.4, -0.2) is 13.1 Å². The van der Waals surface area contributed by atoms with E-state index in [-0.39, 0.29) is 5.82 Å². The third-order valence-electron chi connectivity index (χ3n) is 2.54. The van der Waals surface area contributed by atoms with Crippen molar-refractivity contribution in [1.82, 2.24) is 0 Å². The highest BCUT2D eigenvalue weighted by Crippen LogP contribution is 2.36. The van der Waals surface area contributed by atoms with Crippen molar-refractivity contribution in [2.24, 2.45) is 0 Å². The molecule has 0 saturated heterocycles. The minimum Gasteiger partial charge on any atom is -0.467 e. The molecular weight excluding hydrogens is 369 g/mol. The summed E-state index contributed by atoms with van der Waals surface area (Å²) in [5.74, 6) is -0.785. The number of hydrogen-bond acceptors (Lipinski definition) is 4. The average Bonchev–Trinajstić information content (AvgIpc) is 2.77. The molecule has 0 fully saturated rings. The molecule has 3 nitrogen and oxygen atoms in total. The van der Waals surface area contributed by atoms with Crippen LogP contribution < -0.4 is 5.32 Å². The number of esters is 1. The van der Waals surface area contributed by atoms with Crippen LogP contribution in [0.1, 0.15) is 10.9 Å². The number of carbonyl (C=O) groups excluding carboxylic acids is 1. The molecule has 1 N–H and O–H groups in total. The molecule has 0 aliphatic carbocycles. The highest BCUT2D eigenvalue weighted by molar-refractivity contribution is 9.10. The Labute approximate surface area is 132 Å². The van der Waals surface area contributed by atoms with Gasteiger partial charge in [-0.3, -0.25) is 0 Å². The predicted octanol–water partition coefficient (Wildman–Crippen LogP) is 4.63. The van der Waals surface area contributed by atoms with E-state index in [4.69, 9.17) is 16.3 Å². The van der Waals surface area contributed by atoms with Gasteiger partial charge in [0, 0.05) is 15.0 Å². The molecule has 0 saturated carbocycles. The zero-order valence-corrected chi connectivity index (χ0v) is 13.5. The fraction of sp³-hybridized carbons (Fsp3) is 0.154. The van der Waals surface area contributed by atoms with E-state index in [9.17, 15) is 9.18 Å². The van der Waals surface area contributed by atoms with Crippen LogP contribution in [0.2, 0.25) is 4.34 Å². The summed E-state index contributed by atoms with van der Waals surface area (Å²) in [5.41, 5.74) is 0.613. The van der Waals surface area contributed by atoms with Crippen molar-refractivity contribution in [2.45, 2.75) is 6.04 Å². The second-order valence-electron chi connectivity index (χ2n) is 3.88. The van der Waals surface area contributed by atoms with Gasteiger partial charge in [-0.15, -0.1) is 11.3 Å². The maximum atomic E-state index is 12.9. The second-order valence-corrected chi connectivity index (χ2v) is 6.42. The summed E-state index contributed by atoms with van der Waals surface area (Å²) in [6, 6.07) is 6.79. The average molecular weight is 379 g/mol. The molecule has 20 heavy (non-hydrogen) atoms. The van der Waals surface area contributed by atoms with Gasteiger partial charge in [-0.25, -0.2) is 9.18 Å². The second kappa shape index (κ2) is 6.56. The fourth-order valence-electron chi connectivity index (χ4n) is 1.58. The monoisotopic (exact) mass is 377 g/mol. The van der Waals surface area contributed by atoms with Crippen LogP contribution in [-0.2, 0) is 9.53 Å². The van der Waals surface area contributed by atoms with E-state index < -0.39 is 12.0 Å². The molecule has 1 aromatic heterocycles. The molecule has 2 aromatic rings. The van der Waals surface area contributed by atoms with Gasteiger partial charge in [0.15, 0.2) is 6.04 Å². The van der Waals surface area contributed by atoms with Crippen LogP contribution in [0, 0.1) is 5.82 Å². The first kappa shape index (κ1) is 15.3. The van der Waals surface area contributed by atoms with E-state index in [1.54, 1.807) is 18.2 Å². The number of anilines is 1. The number of hydrogen-bond donors (Lipinski definition) is 1. The number of methoxy groups -OCH3 is 1. The molecule has 1 heterocycles. The van der Waals surface area contributed by atoms with E-state index in [1.807, 2.05) is 0 Å². The summed E-state index contributed by atoms with van der Waals surface area (Å²) in [7, 11) is 1.31. The SMILES string of the molecule is COC(=O)C(Nc1ccc(F)cc1)c1cc(Br)c(Cl)s1. The van der Waals surface area contributed by atoms with E-state index in [0.29, 0.717) is 19.4 Å². The summed E-state index contributed by atoms with van der Waals surface area (Å²) in [4.78, 5) is 12.6. The Morgan fingerprint density at radius 3 is 2.60 bits per heavy atom. The molecule has 1 unspecified atom stereocenters. The van der Waals surface area contributed by atoms with Crippen LogP contribution in [0.4, 0.5) is 10.1 Å². The largest absolute Gasteiger partial charge is 0.467 e. The normalized spacial score (nSPS) is 12.0. The number of thiophene rings is 1. The van der Waals surface area contributed by atoms with E-state index in [2.05, 4.69) is 21.2 Å². The van der Waals surface area contributed by atoms with Gasteiger partial charge < -0.3 is 10.1 Å². The first-order valence-corrected chi connectivity index (χ1v) is 7.54. The Bertz CT molecular complexity index is 598. The van der Waals surface area contributed by atoms with Crippen molar-refractivity contribution in [3.05, 3.63) is 49.8 Å². The lowest BCUT2D eigenvalue weighted by Gasteiger charge is -2.16. The van der Waals surface area contributed by atoms with E-state index >= 15 is 0 Å². The summed E-state index contributed by atoms with van der Waals surface area (Å²) < 4.78 is 18.9. The van der Waals surface area contributed by atoms with Gasteiger partial charge in [0.1, 0.15) is 10.2 Å². The van der Waals surface area contributed by atoms with Gasteiger partial charge in [-0.1, -0.05) is 11.6 Å². The van der Waals surface area contributed by atoms with Crippen molar-refractivity contribution >= 4 is 50.5 Å². The van der Waals surface area contributed by atoms with Crippen molar-refractivity contribution in [2.75, 3.05) is 12.4 Å². The third kappa shape index (κ3) is 3.50. The first-order valence-electron chi connectivity index (χ1n) is 5.56. The summed E-state index contributed by atoms with van der Waals surface area (Å²) in [6.07, 6.45) is 0. The number of benzene rings is 1. The van der Waals surface area contributed by atoms with Crippen LogP contribution in [0.3, 0.4) is 0 Å². The molecule has 106 valence electrons. The lowest BCUT2D eigenvalue weighted by molar-refractivity contribution is -0.141. The van der Waals surface area contributed by atoms with E-state index in [0.717, 1.165) is 0 Å². The van der Waals surface area contributed by atoms with Gasteiger partial charge in [-0.05, 0) is 46.3 Å². The quantitative estimate of drug-likeness (QED) is 0.788. The maximum Gasteiger partial charge on any atom is 0.333 e. The molecule has 0 aliphatic heterocycles. The summed E-state index contributed by atoms with van der Waals surface area (Å²) in [5, 5.41) is 3.00. The third-order valence-corrected chi connectivity index (χ3v) is 5.08. The van der Waals surface area contributed by atoms with Crippen LogP contribution in [0.15, 0.2) is 34.8 Å². The smallest absolute Gasteiger partial charge is 0.333 e. The Morgan fingerprint density at radius 1 is 1.45 bits per heavy atom. The molecule has 0 amide bonds. The molecule has 0 aliphatic rings. The minimum atomic E-state index is -0.695. The van der Waals surface area contributed by atoms with Crippen molar-refractivity contribution < 1.29 is 13.9 Å². The van der Waals surface area contributed by atoms with Gasteiger partial charge in [-0.2, -0.15) is 0 Å². The number of ether oxygens (including phenoxy) is 1. The van der Waals surface area contributed by atoms with Crippen LogP contribution >= 0.6 is 38.9 Å². The fourth-order valence-corrected chi connectivity index (χ4v) is 3.36. The van der Waals surface area contributed by atoms with Crippen molar-refractivity contribution in [3.8, 4) is 0 Å². The molecule has 1 aromatic carbocycles. The summed E-state index contributed by atoms with van der Waals surface area (Å²) in [6.45, 7) is 0. The van der Waals surface area contributed by atoms with Gasteiger partial charge in [0.05, 0.1) is 7.11 Å². The number of carbonyl (C=O) groups is 1. The molecular formula is C13H10BrClFNO2S. The highest BCUT2D eigenvalue weighted by atomic mass is 79.9. The molecule has 7 heteroatoms. The Kier molecular flexibility index (Phi) is 5.01. The topological polar surface area (TPSA) is 38.3 Å². The number of halogens is 3. The standard InChI is InChI=1S/C13H10BrClFNO2S/c1-19-13(18)11(10-6-9(14)12(15)20-10)17-8-4-2-7(16)3-5-8/h2-6,11,17H,1H3. The van der Waals surface area contributed by atoms with Gasteiger partial charge >= 0.3 is 5.97 Å². The molecule has 1 atom stereocenters. The van der Waals surface area contributed by atoms with Gasteiger partial charge in [0.25, 0.3) is 0 Å². The number of rotatable bonds is 4. The van der Waals surface area contributed by atoms with E-state index in [1.165, 1.54) is 30.6 Å². The molecule has 0 spiro atoms. The minimum absolute atomic E-state index is 0.341. The van der Waals surface area contributed by atoms with Crippen molar-refractivity contribution in [1.29, 1.82) is 0 Å². The molecule has 2 rings (SSSR count). The van der Waals surface area contributed by atoms with Crippen LogP contribution in [0.25, 0.3) is 0 Å². The summed E-state index contributed by atoms with van der Waals surface area (Å²) >= 11 is 10.6. The van der Waals surface area contributed by atoms with Gasteiger partial charge in [0.2, 0.25) is 0 Å². The zero-order valence-electron chi connectivity index (χ0n) is 10.3. The van der Waals surface area contributed by atoms with Crippen molar-refractivity contribution in [3.63, 3.8) is 0 Å². The lowest BCUT2D eigenvalue weighted by Crippen LogP contribution is -2.21. The highest BCUT2D eigenvalue weighted by Gasteiger charge is 2.24. The Hall–Kier alpha value is -1.11.